The Bertz CT molecular complexity index is 994. The maximum absolute atomic E-state index is 13.3. The van der Waals surface area contributed by atoms with Crippen LogP contribution in [-0.2, 0) is 26.0 Å². The van der Waals surface area contributed by atoms with Crippen molar-refractivity contribution in [3.05, 3.63) is 60.2 Å². The standard InChI is InChI=1S/C23H31N3O5S/c1-5-24-23(28)18(2)25(16-15-19-9-7-6-8-10-19)22(27)17-26(32(4,29)30)20-11-13-21(31-3)14-12-20/h6-14,18H,5,15-17H2,1-4H3,(H,24,28)/t18-/m0/s1. The second kappa shape index (κ2) is 11.5. The number of carbonyl (C=O) groups is 2. The van der Waals surface area contributed by atoms with Crippen molar-refractivity contribution in [2.24, 2.45) is 0 Å². The van der Waals surface area contributed by atoms with E-state index in [-0.39, 0.29) is 12.5 Å². The van der Waals surface area contributed by atoms with Crippen molar-refractivity contribution in [3.63, 3.8) is 0 Å². The van der Waals surface area contributed by atoms with Gasteiger partial charge in [-0.05, 0) is 50.1 Å². The predicted molar refractivity (Wildman–Crippen MR) is 125 cm³/mol. The summed E-state index contributed by atoms with van der Waals surface area (Å²) in [6.45, 7) is 3.75. The first kappa shape index (κ1) is 25.2. The van der Waals surface area contributed by atoms with Crippen molar-refractivity contribution in [1.82, 2.24) is 10.2 Å². The largest absolute Gasteiger partial charge is 0.497 e. The molecule has 1 N–H and O–H groups in total. The van der Waals surface area contributed by atoms with Crippen LogP contribution >= 0.6 is 0 Å². The van der Waals surface area contributed by atoms with E-state index in [2.05, 4.69) is 5.32 Å². The summed E-state index contributed by atoms with van der Waals surface area (Å²) in [6, 6.07) is 15.3. The average molecular weight is 462 g/mol. The number of sulfonamides is 1. The highest BCUT2D eigenvalue weighted by Crippen LogP contribution is 2.22. The second-order valence-electron chi connectivity index (χ2n) is 7.36. The summed E-state index contributed by atoms with van der Waals surface area (Å²) in [4.78, 5) is 27.2. The van der Waals surface area contributed by atoms with E-state index >= 15 is 0 Å². The van der Waals surface area contributed by atoms with Crippen LogP contribution < -0.4 is 14.4 Å². The summed E-state index contributed by atoms with van der Waals surface area (Å²) in [5.74, 6) is -0.173. The molecular weight excluding hydrogens is 430 g/mol. The Morgan fingerprint density at radius 2 is 1.69 bits per heavy atom. The number of carbonyl (C=O) groups excluding carboxylic acids is 2. The van der Waals surface area contributed by atoms with Crippen LogP contribution in [0.25, 0.3) is 0 Å². The number of likely N-dealkylation sites (N-methyl/N-ethyl adjacent to an activating group) is 1. The summed E-state index contributed by atoms with van der Waals surface area (Å²) in [6.07, 6.45) is 1.59. The Balaban J connectivity index is 2.28. The van der Waals surface area contributed by atoms with E-state index in [1.54, 1.807) is 38.1 Å². The molecule has 2 amide bonds. The number of hydrogen-bond donors (Lipinski definition) is 1. The summed E-state index contributed by atoms with van der Waals surface area (Å²) >= 11 is 0. The quantitative estimate of drug-likeness (QED) is 0.553. The summed E-state index contributed by atoms with van der Waals surface area (Å²) in [5.41, 5.74) is 1.36. The van der Waals surface area contributed by atoms with Crippen molar-refractivity contribution in [2.75, 3.05) is 37.3 Å². The van der Waals surface area contributed by atoms with Crippen LogP contribution in [0.5, 0.6) is 5.75 Å². The summed E-state index contributed by atoms with van der Waals surface area (Å²) in [5, 5.41) is 2.73. The zero-order valence-electron chi connectivity index (χ0n) is 18.9. The lowest BCUT2D eigenvalue weighted by atomic mass is 10.1. The third kappa shape index (κ3) is 6.98. The van der Waals surface area contributed by atoms with Crippen LogP contribution in [-0.4, -0.2) is 64.2 Å². The van der Waals surface area contributed by atoms with Gasteiger partial charge in [-0.25, -0.2) is 8.42 Å². The Kier molecular flexibility index (Phi) is 9.07. The first-order valence-electron chi connectivity index (χ1n) is 10.4. The number of amides is 2. The molecule has 0 heterocycles. The number of rotatable bonds is 11. The molecule has 0 fully saturated rings. The lowest BCUT2D eigenvalue weighted by Crippen LogP contribution is -2.52. The zero-order valence-corrected chi connectivity index (χ0v) is 19.8. The van der Waals surface area contributed by atoms with E-state index < -0.39 is 28.5 Å². The minimum Gasteiger partial charge on any atom is -0.497 e. The van der Waals surface area contributed by atoms with Gasteiger partial charge in [0.1, 0.15) is 18.3 Å². The normalized spacial score (nSPS) is 12.0. The molecule has 0 spiro atoms. The Morgan fingerprint density at radius 3 is 2.22 bits per heavy atom. The Morgan fingerprint density at radius 1 is 1.06 bits per heavy atom. The van der Waals surface area contributed by atoms with Crippen LogP contribution in [0.15, 0.2) is 54.6 Å². The highest BCUT2D eigenvalue weighted by molar-refractivity contribution is 7.92. The molecule has 32 heavy (non-hydrogen) atoms. The molecule has 0 aliphatic carbocycles. The maximum Gasteiger partial charge on any atom is 0.244 e. The van der Waals surface area contributed by atoms with Gasteiger partial charge in [0.15, 0.2) is 0 Å². The fourth-order valence-electron chi connectivity index (χ4n) is 3.25. The minimum absolute atomic E-state index is 0.279. The van der Waals surface area contributed by atoms with Crippen LogP contribution in [0.2, 0.25) is 0 Å². The Hall–Kier alpha value is -3.07. The maximum atomic E-state index is 13.3. The third-order valence-electron chi connectivity index (χ3n) is 5.04. The number of benzene rings is 2. The van der Waals surface area contributed by atoms with E-state index in [4.69, 9.17) is 4.74 Å². The molecule has 0 radical (unpaired) electrons. The van der Waals surface area contributed by atoms with Gasteiger partial charge in [0.25, 0.3) is 0 Å². The van der Waals surface area contributed by atoms with E-state index in [1.807, 2.05) is 30.3 Å². The lowest BCUT2D eigenvalue weighted by Gasteiger charge is -2.31. The van der Waals surface area contributed by atoms with E-state index in [0.717, 1.165) is 16.1 Å². The molecular formula is C23H31N3O5S. The zero-order chi connectivity index (χ0) is 23.7. The van der Waals surface area contributed by atoms with Crippen molar-refractivity contribution in [3.8, 4) is 5.75 Å². The van der Waals surface area contributed by atoms with Gasteiger partial charge in [-0.2, -0.15) is 0 Å². The molecule has 0 bridgehead atoms. The van der Waals surface area contributed by atoms with Crippen LogP contribution in [0, 0.1) is 0 Å². The first-order valence-corrected chi connectivity index (χ1v) is 12.2. The highest BCUT2D eigenvalue weighted by Gasteiger charge is 2.29. The monoisotopic (exact) mass is 461 g/mol. The second-order valence-corrected chi connectivity index (χ2v) is 9.27. The number of hydrogen-bond acceptors (Lipinski definition) is 5. The molecule has 0 aliphatic rings. The predicted octanol–water partition coefficient (Wildman–Crippen LogP) is 2.06. The summed E-state index contributed by atoms with van der Waals surface area (Å²) < 4.78 is 31.1. The topological polar surface area (TPSA) is 96.0 Å². The Labute approximate surface area is 190 Å². The average Bonchev–Trinajstić information content (AvgIpc) is 2.77. The number of nitrogens with zero attached hydrogens (tertiary/aromatic N) is 2. The van der Waals surface area contributed by atoms with Gasteiger partial charge >= 0.3 is 0 Å². The molecule has 2 rings (SSSR count). The summed E-state index contributed by atoms with van der Waals surface area (Å²) in [7, 11) is -2.23. The highest BCUT2D eigenvalue weighted by atomic mass is 32.2. The van der Waals surface area contributed by atoms with Crippen molar-refractivity contribution >= 4 is 27.5 Å². The van der Waals surface area contributed by atoms with Crippen LogP contribution in [0.1, 0.15) is 19.4 Å². The van der Waals surface area contributed by atoms with E-state index in [0.29, 0.717) is 24.4 Å². The molecule has 0 saturated carbocycles. The molecule has 0 unspecified atom stereocenters. The number of ether oxygens (including phenoxy) is 1. The molecule has 2 aromatic rings. The van der Waals surface area contributed by atoms with E-state index in [9.17, 15) is 18.0 Å². The van der Waals surface area contributed by atoms with Gasteiger partial charge in [0.2, 0.25) is 21.8 Å². The molecule has 1 atom stereocenters. The van der Waals surface area contributed by atoms with Gasteiger partial charge in [-0.15, -0.1) is 0 Å². The molecule has 0 aliphatic heterocycles. The molecule has 9 heteroatoms. The van der Waals surface area contributed by atoms with E-state index in [1.165, 1.54) is 12.0 Å². The number of methoxy groups -OCH3 is 1. The molecule has 0 aromatic heterocycles. The van der Waals surface area contributed by atoms with Crippen LogP contribution in [0.3, 0.4) is 0 Å². The smallest absolute Gasteiger partial charge is 0.244 e. The number of anilines is 1. The molecule has 174 valence electrons. The third-order valence-corrected chi connectivity index (χ3v) is 6.18. The van der Waals surface area contributed by atoms with Gasteiger partial charge in [0.05, 0.1) is 19.1 Å². The minimum atomic E-state index is -3.74. The fraction of sp³-hybridized carbons (Fsp3) is 0.391. The van der Waals surface area contributed by atoms with Crippen molar-refractivity contribution < 1.29 is 22.7 Å². The fourth-order valence-corrected chi connectivity index (χ4v) is 4.10. The van der Waals surface area contributed by atoms with Gasteiger partial charge in [0, 0.05) is 13.1 Å². The molecule has 0 saturated heterocycles. The lowest BCUT2D eigenvalue weighted by molar-refractivity contribution is -0.138. The van der Waals surface area contributed by atoms with Crippen molar-refractivity contribution in [1.29, 1.82) is 0 Å². The van der Waals surface area contributed by atoms with Crippen molar-refractivity contribution in [2.45, 2.75) is 26.3 Å². The molecule has 2 aromatic carbocycles. The number of nitrogens with one attached hydrogen (secondary N) is 1. The SMILES string of the molecule is CCNC(=O)[C@H](C)N(CCc1ccccc1)C(=O)CN(c1ccc(OC)cc1)S(C)(=O)=O. The van der Waals surface area contributed by atoms with Gasteiger partial charge in [-0.1, -0.05) is 30.3 Å². The first-order chi connectivity index (χ1) is 15.2. The van der Waals surface area contributed by atoms with Crippen LogP contribution in [0.4, 0.5) is 5.69 Å². The van der Waals surface area contributed by atoms with Gasteiger partial charge in [-0.3, -0.25) is 13.9 Å². The molecule has 8 nitrogen and oxygen atoms in total. The van der Waals surface area contributed by atoms with Gasteiger partial charge < -0.3 is 15.0 Å².